The Morgan fingerprint density at radius 2 is 2.11 bits per heavy atom. The van der Waals surface area contributed by atoms with Crippen molar-refractivity contribution in [2.75, 3.05) is 25.0 Å². The quantitative estimate of drug-likeness (QED) is 0.725. The third-order valence-corrected chi connectivity index (χ3v) is 5.24. The van der Waals surface area contributed by atoms with Crippen LogP contribution in [0.15, 0.2) is 48.8 Å². The van der Waals surface area contributed by atoms with Crippen molar-refractivity contribution in [2.24, 2.45) is 5.92 Å². The van der Waals surface area contributed by atoms with Crippen LogP contribution in [0, 0.1) is 11.7 Å². The first-order valence-corrected chi connectivity index (χ1v) is 9.36. The van der Waals surface area contributed by atoms with Gasteiger partial charge >= 0.3 is 0 Å². The summed E-state index contributed by atoms with van der Waals surface area (Å²) in [5, 5.41) is 3.81. The van der Waals surface area contributed by atoms with Crippen molar-refractivity contribution in [2.45, 2.75) is 19.3 Å². The number of benzene rings is 1. The van der Waals surface area contributed by atoms with Gasteiger partial charge < -0.3 is 10.3 Å². The topological polar surface area (TPSA) is 61.0 Å². The Labute approximate surface area is 157 Å². The van der Waals surface area contributed by atoms with Gasteiger partial charge in [-0.1, -0.05) is 6.07 Å². The lowest BCUT2D eigenvalue weighted by Crippen LogP contribution is -2.39. The van der Waals surface area contributed by atoms with Gasteiger partial charge in [-0.25, -0.2) is 9.37 Å². The Balaban J connectivity index is 1.28. The molecule has 0 bridgehead atoms. The molecule has 1 aromatic carbocycles. The van der Waals surface area contributed by atoms with Crippen LogP contribution in [0.3, 0.4) is 0 Å². The maximum absolute atomic E-state index is 13.5. The molecular weight excluding hydrogens is 343 g/mol. The van der Waals surface area contributed by atoms with E-state index < -0.39 is 0 Å². The summed E-state index contributed by atoms with van der Waals surface area (Å²) in [6.45, 7) is 2.19. The summed E-state index contributed by atoms with van der Waals surface area (Å²) in [7, 11) is 0. The molecule has 1 fully saturated rings. The van der Waals surface area contributed by atoms with Gasteiger partial charge in [0.1, 0.15) is 11.6 Å². The number of aromatic nitrogens is 2. The number of nitrogens with one attached hydrogen (secondary N) is 2. The lowest BCUT2D eigenvalue weighted by molar-refractivity contribution is -0.117. The van der Waals surface area contributed by atoms with E-state index >= 15 is 0 Å². The van der Waals surface area contributed by atoms with Crippen LogP contribution >= 0.6 is 0 Å². The lowest BCUT2D eigenvalue weighted by Gasteiger charge is -2.31. The maximum Gasteiger partial charge on any atom is 0.239 e. The van der Waals surface area contributed by atoms with E-state index in [1.807, 2.05) is 18.3 Å². The fourth-order valence-corrected chi connectivity index (χ4v) is 3.80. The van der Waals surface area contributed by atoms with Crippen LogP contribution in [-0.4, -0.2) is 40.4 Å². The zero-order valence-corrected chi connectivity index (χ0v) is 15.1. The van der Waals surface area contributed by atoms with Crippen molar-refractivity contribution in [1.29, 1.82) is 0 Å². The minimum Gasteiger partial charge on any atom is -0.361 e. The average molecular weight is 366 g/mol. The summed E-state index contributed by atoms with van der Waals surface area (Å²) in [6, 6.07) is 10.3. The summed E-state index contributed by atoms with van der Waals surface area (Å²) in [5.74, 6) is 0.919. The number of H-pyrrole nitrogens is 1. The summed E-state index contributed by atoms with van der Waals surface area (Å²) in [6.07, 6.45) is 6.68. The fourth-order valence-electron chi connectivity index (χ4n) is 3.80. The van der Waals surface area contributed by atoms with E-state index in [9.17, 15) is 9.18 Å². The number of carbonyl (C=O) groups excluding carboxylic acids is 1. The van der Waals surface area contributed by atoms with Crippen molar-refractivity contribution >= 4 is 22.6 Å². The number of carbonyl (C=O) groups is 1. The zero-order valence-electron chi connectivity index (χ0n) is 15.1. The van der Waals surface area contributed by atoms with Crippen LogP contribution in [0.1, 0.15) is 18.4 Å². The molecule has 2 N–H and O–H groups in total. The van der Waals surface area contributed by atoms with Gasteiger partial charge in [-0.3, -0.25) is 9.69 Å². The number of piperidine rings is 1. The van der Waals surface area contributed by atoms with Crippen LogP contribution in [0.25, 0.3) is 10.9 Å². The second kappa shape index (κ2) is 7.88. The first-order valence-electron chi connectivity index (χ1n) is 9.36. The van der Waals surface area contributed by atoms with Crippen LogP contribution in [0.5, 0.6) is 0 Å². The highest BCUT2D eigenvalue weighted by atomic mass is 19.1. The molecule has 1 aliphatic heterocycles. The predicted octanol–water partition coefficient (Wildman–Crippen LogP) is 3.60. The lowest BCUT2D eigenvalue weighted by atomic mass is 9.90. The fraction of sp³-hybridized carbons (Fsp3) is 0.333. The number of hydrogen-bond donors (Lipinski definition) is 2. The number of amides is 1. The van der Waals surface area contributed by atoms with Gasteiger partial charge in [0.2, 0.25) is 5.91 Å². The van der Waals surface area contributed by atoms with E-state index in [4.69, 9.17) is 0 Å². The first kappa shape index (κ1) is 17.7. The highest BCUT2D eigenvalue weighted by molar-refractivity contribution is 5.91. The number of fused-ring (bicyclic) bond motifs is 1. The van der Waals surface area contributed by atoms with Gasteiger partial charge in [0, 0.05) is 23.3 Å². The number of rotatable bonds is 5. The molecule has 3 aromatic rings. The Bertz CT molecular complexity index is 916. The normalized spacial score (nSPS) is 15.9. The molecule has 6 heteroatoms. The van der Waals surface area contributed by atoms with Crippen molar-refractivity contribution in [3.8, 4) is 0 Å². The average Bonchev–Trinajstić information content (AvgIpc) is 3.06. The van der Waals surface area contributed by atoms with Gasteiger partial charge in [-0.15, -0.1) is 0 Å². The van der Waals surface area contributed by atoms with Crippen molar-refractivity contribution in [1.82, 2.24) is 14.9 Å². The second-order valence-electron chi connectivity index (χ2n) is 7.19. The van der Waals surface area contributed by atoms with Gasteiger partial charge in [0.15, 0.2) is 0 Å². The second-order valence-corrected chi connectivity index (χ2v) is 7.19. The number of pyridine rings is 1. The highest BCUT2D eigenvalue weighted by Crippen LogP contribution is 2.26. The molecule has 0 radical (unpaired) electrons. The first-order chi connectivity index (χ1) is 13.2. The Hall–Kier alpha value is -2.73. The summed E-state index contributed by atoms with van der Waals surface area (Å²) in [4.78, 5) is 21.7. The minimum atomic E-state index is -0.197. The van der Waals surface area contributed by atoms with Gasteiger partial charge in [-0.2, -0.15) is 0 Å². The molecule has 5 nitrogen and oxygen atoms in total. The van der Waals surface area contributed by atoms with E-state index in [0.717, 1.165) is 43.3 Å². The Morgan fingerprint density at radius 1 is 1.26 bits per heavy atom. The molecule has 0 aliphatic carbocycles. The molecule has 1 aliphatic rings. The van der Waals surface area contributed by atoms with Crippen LogP contribution in [0.2, 0.25) is 0 Å². The van der Waals surface area contributed by atoms with Gasteiger partial charge in [0.25, 0.3) is 0 Å². The van der Waals surface area contributed by atoms with Crippen LogP contribution in [0.4, 0.5) is 10.2 Å². The number of likely N-dealkylation sites (tertiary alicyclic amines) is 1. The molecule has 0 unspecified atom stereocenters. The number of aromatic amines is 1. The third kappa shape index (κ3) is 4.34. The monoisotopic (exact) mass is 366 g/mol. The summed E-state index contributed by atoms with van der Waals surface area (Å²) < 4.78 is 13.5. The highest BCUT2D eigenvalue weighted by Gasteiger charge is 2.22. The number of halogens is 1. The number of hydrogen-bond acceptors (Lipinski definition) is 3. The van der Waals surface area contributed by atoms with E-state index in [2.05, 4.69) is 20.2 Å². The molecular formula is C21H23FN4O. The number of anilines is 1. The van der Waals surface area contributed by atoms with Gasteiger partial charge in [0.05, 0.1) is 6.54 Å². The summed E-state index contributed by atoms with van der Waals surface area (Å²) >= 11 is 0. The molecule has 0 saturated carbocycles. The van der Waals surface area contributed by atoms with E-state index in [0.29, 0.717) is 18.3 Å². The standard InChI is InChI=1S/C21H23FN4O/c22-17-4-5-19-18(12-17)16(13-24-19)11-15-6-9-26(10-7-15)14-21(27)25-20-3-1-2-8-23-20/h1-5,8,12-13,15,24H,6-7,9-11,14H2,(H,23,25,27). The van der Waals surface area contributed by atoms with Gasteiger partial charge in [-0.05, 0) is 74.2 Å². The third-order valence-electron chi connectivity index (χ3n) is 5.24. The van der Waals surface area contributed by atoms with E-state index in [-0.39, 0.29) is 11.7 Å². The number of nitrogens with zero attached hydrogens (tertiary/aromatic N) is 2. The van der Waals surface area contributed by atoms with Crippen LogP contribution < -0.4 is 5.32 Å². The molecule has 1 saturated heterocycles. The molecule has 3 heterocycles. The largest absolute Gasteiger partial charge is 0.361 e. The summed E-state index contributed by atoms with van der Waals surface area (Å²) in [5.41, 5.74) is 2.16. The molecule has 140 valence electrons. The van der Waals surface area contributed by atoms with Crippen molar-refractivity contribution < 1.29 is 9.18 Å². The molecule has 2 aromatic heterocycles. The Morgan fingerprint density at radius 3 is 2.89 bits per heavy atom. The van der Waals surface area contributed by atoms with E-state index in [1.54, 1.807) is 24.4 Å². The predicted molar refractivity (Wildman–Crippen MR) is 104 cm³/mol. The SMILES string of the molecule is O=C(CN1CCC(Cc2c[nH]c3ccc(F)cc23)CC1)Nc1ccccn1. The molecule has 4 rings (SSSR count). The van der Waals surface area contributed by atoms with E-state index in [1.165, 1.54) is 11.6 Å². The minimum absolute atomic E-state index is 0.0285. The molecule has 1 amide bonds. The van der Waals surface area contributed by atoms with Crippen molar-refractivity contribution in [3.63, 3.8) is 0 Å². The molecule has 0 atom stereocenters. The van der Waals surface area contributed by atoms with Crippen LogP contribution in [-0.2, 0) is 11.2 Å². The maximum atomic E-state index is 13.5. The van der Waals surface area contributed by atoms with Crippen molar-refractivity contribution in [3.05, 3.63) is 60.2 Å². The smallest absolute Gasteiger partial charge is 0.239 e. The molecule has 27 heavy (non-hydrogen) atoms. The molecule has 0 spiro atoms. The Kier molecular flexibility index (Phi) is 5.16. The zero-order chi connectivity index (χ0) is 18.6.